The minimum Gasteiger partial charge on any atom is -0.320 e. The van der Waals surface area contributed by atoms with Crippen LogP contribution in [0.3, 0.4) is 0 Å². The fourth-order valence-corrected chi connectivity index (χ4v) is 3.01. The SMILES string of the molecule is O=C(Nc1ccc(C(F)(F)F)c(Cl)c1)N1CCc2cc(F)ccc2C1. The summed E-state index contributed by atoms with van der Waals surface area (Å²) in [6.45, 7) is 0.687. The second-order valence-electron chi connectivity index (χ2n) is 5.71. The number of anilines is 1. The molecule has 3 rings (SSSR count). The van der Waals surface area contributed by atoms with E-state index in [4.69, 9.17) is 11.6 Å². The summed E-state index contributed by atoms with van der Waals surface area (Å²) in [4.78, 5) is 13.8. The molecule has 1 aliphatic heterocycles. The molecule has 1 aliphatic rings. The lowest BCUT2D eigenvalue weighted by molar-refractivity contribution is -0.137. The topological polar surface area (TPSA) is 32.3 Å². The summed E-state index contributed by atoms with van der Waals surface area (Å²) >= 11 is 5.64. The first kappa shape index (κ1) is 17.5. The molecule has 2 aromatic rings. The Morgan fingerprint density at radius 1 is 1.12 bits per heavy atom. The number of carbonyl (C=O) groups excluding carboxylic acids is 1. The molecule has 0 unspecified atom stereocenters. The van der Waals surface area contributed by atoms with E-state index in [0.717, 1.165) is 29.3 Å². The first-order valence-corrected chi connectivity index (χ1v) is 7.82. The average molecular weight is 373 g/mol. The summed E-state index contributed by atoms with van der Waals surface area (Å²) in [6.07, 6.45) is -4.04. The van der Waals surface area contributed by atoms with Crippen LogP contribution in [0.2, 0.25) is 5.02 Å². The van der Waals surface area contributed by atoms with Crippen LogP contribution in [0.1, 0.15) is 16.7 Å². The van der Waals surface area contributed by atoms with Gasteiger partial charge >= 0.3 is 12.2 Å². The Morgan fingerprint density at radius 3 is 2.56 bits per heavy atom. The van der Waals surface area contributed by atoms with Crippen molar-refractivity contribution >= 4 is 23.3 Å². The molecule has 0 saturated carbocycles. The van der Waals surface area contributed by atoms with Crippen molar-refractivity contribution in [3.63, 3.8) is 0 Å². The second kappa shape index (κ2) is 6.55. The van der Waals surface area contributed by atoms with Crippen molar-refractivity contribution in [1.82, 2.24) is 4.90 Å². The van der Waals surface area contributed by atoms with E-state index in [0.29, 0.717) is 19.5 Å². The van der Waals surface area contributed by atoms with Crippen LogP contribution in [0.4, 0.5) is 28.0 Å². The Kier molecular flexibility index (Phi) is 4.60. The predicted molar refractivity (Wildman–Crippen MR) is 86.0 cm³/mol. The molecule has 2 amide bonds. The zero-order valence-electron chi connectivity index (χ0n) is 12.8. The van der Waals surface area contributed by atoms with Gasteiger partial charge in [-0.1, -0.05) is 17.7 Å². The third-order valence-corrected chi connectivity index (χ3v) is 4.31. The molecule has 25 heavy (non-hydrogen) atoms. The van der Waals surface area contributed by atoms with Gasteiger partial charge in [-0.25, -0.2) is 9.18 Å². The highest BCUT2D eigenvalue weighted by molar-refractivity contribution is 6.31. The largest absolute Gasteiger partial charge is 0.417 e. The molecule has 1 N–H and O–H groups in total. The van der Waals surface area contributed by atoms with Crippen LogP contribution in [0.25, 0.3) is 0 Å². The van der Waals surface area contributed by atoms with Crippen LogP contribution in [-0.4, -0.2) is 17.5 Å². The van der Waals surface area contributed by atoms with E-state index in [9.17, 15) is 22.4 Å². The Hall–Kier alpha value is -2.28. The van der Waals surface area contributed by atoms with E-state index >= 15 is 0 Å². The smallest absolute Gasteiger partial charge is 0.320 e. The number of hydrogen-bond donors (Lipinski definition) is 1. The molecule has 8 heteroatoms. The van der Waals surface area contributed by atoms with E-state index in [2.05, 4.69) is 5.32 Å². The number of hydrogen-bond acceptors (Lipinski definition) is 1. The number of alkyl halides is 3. The van der Waals surface area contributed by atoms with E-state index in [-0.39, 0.29) is 11.5 Å². The van der Waals surface area contributed by atoms with Crippen LogP contribution in [0.15, 0.2) is 36.4 Å². The normalized spacial score (nSPS) is 14.2. The lowest BCUT2D eigenvalue weighted by Gasteiger charge is -2.29. The molecule has 3 nitrogen and oxygen atoms in total. The minimum absolute atomic E-state index is 0.174. The van der Waals surface area contributed by atoms with Gasteiger partial charge < -0.3 is 10.2 Å². The third kappa shape index (κ3) is 3.87. The van der Waals surface area contributed by atoms with Crippen LogP contribution in [-0.2, 0) is 19.1 Å². The molecule has 0 bridgehead atoms. The fourth-order valence-electron chi connectivity index (χ4n) is 2.72. The van der Waals surface area contributed by atoms with Crippen molar-refractivity contribution in [3.8, 4) is 0 Å². The van der Waals surface area contributed by atoms with Crippen molar-refractivity contribution in [1.29, 1.82) is 0 Å². The maximum Gasteiger partial charge on any atom is 0.417 e. The van der Waals surface area contributed by atoms with Gasteiger partial charge in [0.25, 0.3) is 0 Å². The zero-order chi connectivity index (χ0) is 18.2. The monoisotopic (exact) mass is 372 g/mol. The van der Waals surface area contributed by atoms with E-state index in [1.54, 1.807) is 6.07 Å². The van der Waals surface area contributed by atoms with Gasteiger partial charge in [-0.05, 0) is 47.9 Å². The van der Waals surface area contributed by atoms with Crippen molar-refractivity contribution in [2.24, 2.45) is 0 Å². The van der Waals surface area contributed by atoms with Gasteiger partial charge in [0.1, 0.15) is 5.82 Å². The Balaban J connectivity index is 1.71. The summed E-state index contributed by atoms with van der Waals surface area (Å²) < 4.78 is 51.3. The minimum atomic E-state index is -4.55. The van der Waals surface area contributed by atoms with Crippen molar-refractivity contribution < 1.29 is 22.4 Å². The van der Waals surface area contributed by atoms with Crippen LogP contribution in [0.5, 0.6) is 0 Å². The summed E-state index contributed by atoms with van der Waals surface area (Å²) in [5, 5.41) is 2.05. The first-order chi connectivity index (χ1) is 11.7. The lowest BCUT2D eigenvalue weighted by Crippen LogP contribution is -2.38. The number of nitrogens with zero attached hydrogens (tertiary/aromatic N) is 1. The highest BCUT2D eigenvalue weighted by Gasteiger charge is 2.33. The molecule has 0 aromatic heterocycles. The zero-order valence-corrected chi connectivity index (χ0v) is 13.6. The number of rotatable bonds is 1. The molecular formula is C17H13ClF4N2O. The molecular weight excluding hydrogens is 360 g/mol. The van der Waals surface area contributed by atoms with E-state index in [1.165, 1.54) is 17.0 Å². The van der Waals surface area contributed by atoms with E-state index < -0.39 is 22.8 Å². The summed E-state index contributed by atoms with van der Waals surface area (Å²) in [5.41, 5.74) is 0.906. The highest BCUT2D eigenvalue weighted by atomic mass is 35.5. The van der Waals surface area contributed by atoms with Gasteiger partial charge in [-0.3, -0.25) is 0 Å². The van der Waals surface area contributed by atoms with Gasteiger partial charge in [0, 0.05) is 18.8 Å². The number of amides is 2. The molecule has 2 aromatic carbocycles. The van der Waals surface area contributed by atoms with Gasteiger partial charge in [-0.2, -0.15) is 13.2 Å². The number of halogens is 5. The molecule has 0 radical (unpaired) electrons. The number of fused-ring (bicyclic) bond motifs is 1. The highest BCUT2D eigenvalue weighted by Crippen LogP contribution is 2.36. The Bertz CT molecular complexity index is 823. The van der Waals surface area contributed by atoms with Crippen LogP contribution < -0.4 is 5.32 Å². The van der Waals surface area contributed by atoms with Gasteiger partial charge in [0.15, 0.2) is 0 Å². The third-order valence-electron chi connectivity index (χ3n) is 3.99. The fraction of sp³-hybridized carbons (Fsp3) is 0.235. The molecule has 0 spiro atoms. The molecule has 0 atom stereocenters. The Labute approximate surface area is 146 Å². The van der Waals surface area contributed by atoms with Crippen molar-refractivity contribution in [2.75, 3.05) is 11.9 Å². The molecule has 1 heterocycles. The van der Waals surface area contributed by atoms with Crippen LogP contribution in [0, 0.1) is 5.82 Å². The van der Waals surface area contributed by atoms with Gasteiger partial charge in [0.2, 0.25) is 0 Å². The van der Waals surface area contributed by atoms with Gasteiger partial charge in [0.05, 0.1) is 10.6 Å². The summed E-state index contributed by atoms with van der Waals surface area (Å²) in [6, 6.07) is 6.99. The van der Waals surface area contributed by atoms with Crippen molar-refractivity contribution in [3.05, 3.63) is 63.9 Å². The number of nitrogens with one attached hydrogen (secondary N) is 1. The predicted octanol–water partition coefficient (Wildman–Crippen LogP) is 5.09. The number of urea groups is 1. The molecule has 0 aliphatic carbocycles. The molecule has 0 saturated heterocycles. The Morgan fingerprint density at radius 2 is 1.88 bits per heavy atom. The molecule has 132 valence electrons. The first-order valence-electron chi connectivity index (χ1n) is 7.44. The quantitative estimate of drug-likeness (QED) is 0.695. The van der Waals surface area contributed by atoms with Crippen molar-refractivity contribution in [2.45, 2.75) is 19.1 Å². The second-order valence-corrected chi connectivity index (χ2v) is 6.11. The number of carbonyl (C=O) groups is 1. The van der Waals surface area contributed by atoms with E-state index in [1.807, 2.05) is 0 Å². The lowest BCUT2D eigenvalue weighted by atomic mass is 10.00. The maximum atomic E-state index is 13.2. The summed E-state index contributed by atoms with van der Waals surface area (Å²) in [7, 11) is 0. The standard InChI is InChI=1S/C17H13ClF4N2O/c18-15-8-13(3-4-14(15)17(20,21)22)23-16(25)24-6-5-10-7-12(19)2-1-11(10)9-24/h1-4,7-8H,5-6,9H2,(H,23,25). The summed E-state index contributed by atoms with van der Waals surface area (Å²) in [5.74, 6) is -0.323. The van der Waals surface area contributed by atoms with Gasteiger partial charge in [-0.15, -0.1) is 0 Å². The maximum absolute atomic E-state index is 13.2. The molecule has 0 fully saturated rings. The average Bonchev–Trinajstić information content (AvgIpc) is 2.53. The number of benzene rings is 2. The van der Waals surface area contributed by atoms with Crippen LogP contribution >= 0.6 is 11.6 Å².